The second kappa shape index (κ2) is 12.9. The highest BCUT2D eigenvalue weighted by atomic mass is 32.2. The van der Waals surface area contributed by atoms with Crippen LogP contribution in [0.25, 0.3) is 0 Å². The summed E-state index contributed by atoms with van der Waals surface area (Å²) in [6.45, 7) is 0.697. The first-order valence-electron chi connectivity index (χ1n) is 12.8. The van der Waals surface area contributed by atoms with Crippen LogP contribution in [-0.2, 0) is 58.0 Å². The molecule has 0 bridgehead atoms. The average molecular weight is 570 g/mol. The van der Waals surface area contributed by atoms with E-state index in [1.165, 1.54) is 0 Å². The molecule has 2 saturated heterocycles. The van der Waals surface area contributed by atoms with Gasteiger partial charge in [0.05, 0.1) is 33.5 Å². The molecule has 11 heteroatoms. The van der Waals surface area contributed by atoms with Crippen LogP contribution in [-0.4, -0.2) is 63.2 Å². The standard InChI is InChI=1S/C29H31NO9S/c1-34-29(31)30-28-27(39-40(30,32)33)26(37-19-23-15-9-4-10-16-23)25(36-18-22-13-7-3-8-14-22)24(38-28)20-35-17-21-11-5-2-6-12-21/h2-16,24-28H,17-20H2,1H3/t24-,25+,26+,27-,28+/m1/s1. The molecule has 2 aliphatic heterocycles. The van der Waals surface area contributed by atoms with Crippen LogP contribution in [0, 0.1) is 0 Å². The maximum absolute atomic E-state index is 12.9. The Balaban J connectivity index is 1.44. The van der Waals surface area contributed by atoms with Crippen molar-refractivity contribution in [3.05, 3.63) is 108 Å². The second-order valence-electron chi connectivity index (χ2n) is 9.37. The lowest BCUT2D eigenvalue weighted by Gasteiger charge is -2.43. The van der Waals surface area contributed by atoms with Crippen LogP contribution in [0.3, 0.4) is 0 Å². The number of carbonyl (C=O) groups is 1. The van der Waals surface area contributed by atoms with E-state index in [-0.39, 0.29) is 19.8 Å². The number of carbonyl (C=O) groups excluding carboxylic acids is 1. The van der Waals surface area contributed by atoms with E-state index in [9.17, 15) is 13.2 Å². The molecule has 0 N–H and O–H groups in total. The number of amides is 1. The Morgan fingerprint density at radius 3 is 1.80 bits per heavy atom. The van der Waals surface area contributed by atoms with Gasteiger partial charge in [-0.1, -0.05) is 91.0 Å². The summed E-state index contributed by atoms with van der Waals surface area (Å²) in [6.07, 6.45) is -6.19. The molecular weight excluding hydrogens is 538 g/mol. The summed E-state index contributed by atoms with van der Waals surface area (Å²) in [4.78, 5) is 12.5. The molecule has 3 aromatic carbocycles. The summed E-state index contributed by atoms with van der Waals surface area (Å²) in [6, 6.07) is 28.6. The van der Waals surface area contributed by atoms with Crippen molar-refractivity contribution in [2.24, 2.45) is 0 Å². The van der Waals surface area contributed by atoms with Crippen molar-refractivity contribution in [1.29, 1.82) is 0 Å². The van der Waals surface area contributed by atoms with Crippen molar-refractivity contribution in [1.82, 2.24) is 4.31 Å². The molecule has 3 aromatic rings. The maximum atomic E-state index is 12.9. The molecule has 0 saturated carbocycles. The highest BCUT2D eigenvalue weighted by Crippen LogP contribution is 2.38. The van der Waals surface area contributed by atoms with Crippen molar-refractivity contribution in [3.8, 4) is 0 Å². The number of rotatable bonds is 10. The van der Waals surface area contributed by atoms with Crippen LogP contribution < -0.4 is 0 Å². The van der Waals surface area contributed by atoms with Crippen molar-refractivity contribution in [2.45, 2.75) is 50.5 Å². The predicted octanol–water partition coefficient (Wildman–Crippen LogP) is 3.81. The van der Waals surface area contributed by atoms with Gasteiger partial charge in [0.15, 0.2) is 12.3 Å². The van der Waals surface area contributed by atoms with E-state index < -0.39 is 47.0 Å². The average Bonchev–Trinajstić information content (AvgIpc) is 3.25. The Hall–Kier alpha value is -3.32. The molecule has 5 atom stereocenters. The Morgan fingerprint density at radius 1 is 0.775 bits per heavy atom. The van der Waals surface area contributed by atoms with Gasteiger partial charge in [-0.3, -0.25) is 0 Å². The van der Waals surface area contributed by atoms with Crippen molar-refractivity contribution >= 4 is 16.4 Å². The Kier molecular flexibility index (Phi) is 9.10. The summed E-state index contributed by atoms with van der Waals surface area (Å²) < 4.78 is 61.3. The molecule has 40 heavy (non-hydrogen) atoms. The normalized spacial score (nSPS) is 25.3. The van der Waals surface area contributed by atoms with Gasteiger partial charge < -0.3 is 23.7 Å². The van der Waals surface area contributed by atoms with E-state index in [1.54, 1.807) is 0 Å². The van der Waals surface area contributed by atoms with Gasteiger partial charge >= 0.3 is 16.4 Å². The van der Waals surface area contributed by atoms with Gasteiger partial charge in [0.2, 0.25) is 0 Å². The van der Waals surface area contributed by atoms with E-state index in [2.05, 4.69) is 0 Å². The molecule has 0 aromatic heterocycles. The third-order valence-corrected chi connectivity index (χ3v) is 7.94. The number of nitrogens with zero attached hydrogens (tertiary/aromatic N) is 1. The van der Waals surface area contributed by atoms with Crippen LogP contribution in [0.5, 0.6) is 0 Å². The van der Waals surface area contributed by atoms with Gasteiger partial charge in [0.25, 0.3) is 0 Å². The molecular formula is C29H31NO9S. The van der Waals surface area contributed by atoms with Gasteiger partial charge in [0, 0.05) is 0 Å². The summed E-state index contributed by atoms with van der Waals surface area (Å²) in [5.41, 5.74) is 2.74. The zero-order valence-corrected chi connectivity index (χ0v) is 22.7. The molecule has 10 nitrogen and oxygen atoms in total. The van der Waals surface area contributed by atoms with E-state index in [0.29, 0.717) is 10.9 Å². The zero-order valence-electron chi connectivity index (χ0n) is 21.9. The lowest BCUT2D eigenvalue weighted by atomic mass is 9.97. The third kappa shape index (κ3) is 6.52. The van der Waals surface area contributed by atoms with Gasteiger partial charge in [-0.05, 0) is 16.7 Å². The highest BCUT2D eigenvalue weighted by molar-refractivity contribution is 7.85. The summed E-state index contributed by atoms with van der Waals surface area (Å²) in [7, 11) is -3.43. The minimum Gasteiger partial charge on any atom is -0.452 e. The van der Waals surface area contributed by atoms with E-state index >= 15 is 0 Å². The minimum atomic E-state index is -4.52. The topological polar surface area (TPSA) is 110 Å². The number of hydrogen-bond acceptors (Lipinski definition) is 9. The van der Waals surface area contributed by atoms with E-state index in [0.717, 1.165) is 23.8 Å². The second-order valence-corrected chi connectivity index (χ2v) is 10.8. The highest BCUT2D eigenvalue weighted by Gasteiger charge is 2.61. The summed E-state index contributed by atoms with van der Waals surface area (Å²) >= 11 is 0. The third-order valence-electron chi connectivity index (χ3n) is 6.63. The van der Waals surface area contributed by atoms with Crippen molar-refractivity contribution in [2.75, 3.05) is 13.7 Å². The molecule has 0 unspecified atom stereocenters. The molecule has 0 spiro atoms. The predicted molar refractivity (Wildman–Crippen MR) is 143 cm³/mol. The summed E-state index contributed by atoms with van der Waals surface area (Å²) in [5, 5.41) is 0. The van der Waals surface area contributed by atoms with Gasteiger partial charge in [-0.15, -0.1) is 0 Å². The number of ether oxygens (including phenoxy) is 5. The first-order valence-corrected chi connectivity index (χ1v) is 14.2. The molecule has 2 fully saturated rings. The van der Waals surface area contributed by atoms with Gasteiger partial charge in [0.1, 0.15) is 18.3 Å². The van der Waals surface area contributed by atoms with Crippen molar-refractivity contribution < 1.29 is 41.1 Å². The van der Waals surface area contributed by atoms with Gasteiger partial charge in [-0.2, -0.15) is 12.7 Å². The van der Waals surface area contributed by atoms with Crippen molar-refractivity contribution in [3.63, 3.8) is 0 Å². The van der Waals surface area contributed by atoms with Crippen LogP contribution >= 0.6 is 0 Å². The zero-order chi connectivity index (χ0) is 28.0. The maximum Gasteiger partial charge on any atom is 0.427 e. The molecule has 0 radical (unpaired) electrons. The monoisotopic (exact) mass is 569 g/mol. The van der Waals surface area contributed by atoms with E-state index in [1.807, 2.05) is 91.0 Å². The fourth-order valence-electron chi connectivity index (χ4n) is 4.71. The number of methoxy groups -OCH3 is 1. The first-order chi connectivity index (χ1) is 19.5. The number of hydrogen-bond donors (Lipinski definition) is 0. The SMILES string of the molecule is COC(=O)N1[C@H]2O[C@H](COCc3ccccc3)[C@H](OCc3ccccc3)[C@H](OCc3ccccc3)[C@H]2OS1(=O)=O. The first kappa shape index (κ1) is 28.2. The summed E-state index contributed by atoms with van der Waals surface area (Å²) in [5.74, 6) is 0. The quantitative estimate of drug-likeness (QED) is 0.360. The smallest absolute Gasteiger partial charge is 0.427 e. The van der Waals surface area contributed by atoms with Crippen LogP contribution in [0.1, 0.15) is 16.7 Å². The lowest BCUT2D eigenvalue weighted by Crippen LogP contribution is -2.62. The fraction of sp³-hybridized carbons (Fsp3) is 0.345. The Bertz CT molecular complexity index is 1340. The van der Waals surface area contributed by atoms with Crippen LogP contribution in [0.15, 0.2) is 91.0 Å². The fourth-order valence-corrected chi connectivity index (χ4v) is 5.97. The molecule has 5 rings (SSSR count). The number of fused-ring (bicyclic) bond motifs is 1. The van der Waals surface area contributed by atoms with Crippen LogP contribution in [0.4, 0.5) is 4.79 Å². The minimum absolute atomic E-state index is 0.0395. The molecule has 1 amide bonds. The Morgan fingerprint density at radius 2 is 1.27 bits per heavy atom. The van der Waals surface area contributed by atoms with Crippen LogP contribution in [0.2, 0.25) is 0 Å². The van der Waals surface area contributed by atoms with E-state index in [4.69, 9.17) is 27.9 Å². The molecule has 2 aliphatic rings. The number of benzene rings is 3. The lowest BCUT2D eigenvalue weighted by molar-refractivity contribution is -0.259. The Labute approximate surface area is 233 Å². The largest absolute Gasteiger partial charge is 0.452 e. The molecule has 0 aliphatic carbocycles. The van der Waals surface area contributed by atoms with Gasteiger partial charge in [-0.25, -0.2) is 8.98 Å². The molecule has 2 heterocycles. The molecule has 212 valence electrons.